The number of rotatable bonds is 4. The zero-order valence-electron chi connectivity index (χ0n) is 18.3. The minimum atomic E-state index is -0.748. The second-order valence-electron chi connectivity index (χ2n) is 11.4. The van der Waals surface area contributed by atoms with Gasteiger partial charge in [0.05, 0.1) is 18.3 Å². The Bertz CT molecular complexity index is 637. The van der Waals surface area contributed by atoms with E-state index < -0.39 is 12.1 Å². The number of hydrogen-bond acceptors (Lipinski definition) is 4. The summed E-state index contributed by atoms with van der Waals surface area (Å²) in [6.45, 7) is 6.72. The van der Waals surface area contributed by atoms with Gasteiger partial charge < -0.3 is 20.4 Å². The maximum atomic E-state index is 11.5. The Hall–Kier alpha value is -0.650. The van der Waals surface area contributed by atoms with E-state index in [-0.39, 0.29) is 41.3 Å². The highest BCUT2D eigenvalue weighted by molar-refractivity contribution is 5.66. The van der Waals surface area contributed by atoms with Crippen molar-refractivity contribution in [2.45, 2.75) is 96.9 Å². The zero-order valence-corrected chi connectivity index (χ0v) is 18.3. The Morgan fingerprint density at radius 3 is 2.45 bits per heavy atom. The van der Waals surface area contributed by atoms with Crippen LogP contribution in [0.5, 0.6) is 0 Å². The van der Waals surface area contributed by atoms with Crippen molar-refractivity contribution in [3.05, 3.63) is 0 Å². The molecule has 5 heteroatoms. The van der Waals surface area contributed by atoms with Crippen LogP contribution < -0.4 is 0 Å². The molecule has 4 fully saturated rings. The van der Waals surface area contributed by atoms with Gasteiger partial charge in [0.2, 0.25) is 0 Å². The molecule has 4 aliphatic carbocycles. The van der Waals surface area contributed by atoms with Crippen LogP contribution in [-0.4, -0.2) is 44.7 Å². The Kier molecular flexibility index (Phi) is 5.57. The predicted molar refractivity (Wildman–Crippen MR) is 110 cm³/mol. The van der Waals surface area contributed by atoms with Gasteiger partial charge in [0.15, 0.2) is 0 Å². The summed E-state index contributed by atoms with van der Waals surface area (Å²) in [4.78, 5) is 11.1. The van der Waals surface area contributed by atoms with Crippen molar-refractivity contribution in [2.24, 2.45) is 46.3 Å². The lowest BCUT2D eigenvalue weighted by Gasteiger charge is -2.63. The van der Waals surface area contributed by atoms with E-state index in [0.717, 1.165) is 44.9 Å². The van der Waals surface area contributed by atoms with Crippen molar-refractivity contribution in [2.75, 3.05) is 0 Å². The van der Waals surface area contributed by atoms with Gasteiger partial charge in [-0.3, -0.25) is 4.79 Å². The molecule has 0 aromatic carbocycles. The molecule has 11 atom stereocenters. The third-order valence-corrected chi connectivity index (χ3v) is 10.3. The van der Waals surface area contributed by atoms with Gasteiger partial charge in [-0.1, -0.05) is 20.8 Å². The Morgan fingerprint density at radius 1 is 1.03 bits per heavy atom. The van der Waals surface area contributed by atoms with E-state index in [1.54, 1.807) is 0 Å². The molecule has 4 aliphatic rings. The fraction of sp³-hybridized carbons (Fsp3) is 0.958. The highest BCUT2D eigenvalue weighted by Crippen LogP contribution is 2.68. The smallest absolute Gasteiger partial charge is 0.303 e. The largest absolute Gasteiger partial charge is 0.481 e. The van der Waals surface area contributed by atoms with Crippen LogP contribution in [0, 0.1) is 46.3 Å². The monoisotopic (exact) mass is 408 g/mol. The summed E-state index contributed by atoms with van der Waals surface area (Å²) in [6.07, 6.45) is 6.00. The molecule has 29 heavy (non-hydrogen) atoms. The summed E-state index contributed by atoms with van der Waals surface area (Å²) >= 11 is 0. The van der Waals surface area contributed by atoms with E-state index >= 15 is 0 Å². The quantitative estimate of drug-likeness (QED) is 0.571. The first kappa shape index (κ1) is 21.6. The first-order valence-electron chi connectivity index (χ1n) is 11.8. The molecular weight excluding hydrogens is 368 g/mol. The molecule has 0 bridgehead atoms. The second-order valence-corrected chi connectivity index (χ2v) is 11.4. The first-order chi connectivity index (χ1) is 13.6. The molecule has 0 aliphatic heterocycles. The molecule has 0 aromatic rings. The molecule has 4 saturated carbocycles. The van der Waals surface area contributed by atoms with Crippen LogP contribution in [0.2, 0.25) is 0 Å². The van der Waals surface area contributed by atoms with Crippen molar-refractivity contribution in [3.63, 3.8) is 0 Å². The van der Waals surface area contributed by atoms with Gasteiger partial charge in [0.25, 0.3) is 0 Å². The van der Waals surface area contributed by atoms with Gasteiger partial charge >= 0.3 is 5.97 Å². The van der Waals surface area contributed by atoms with Crippen molar-refractivity contribution in [3.8, 4) is 0 Å². The maximum absolute atomic E-state index is 11.5. The van der Waals surface area contributed by atoms with Crippen molar-refractivity contribution < 1.29 is 25.2 Å². The molecular formula is C24H40O5. The molecule has 3 unspecified atom stereocenters. The molecule has 0 amide bonds. The zero-order chi connectivity index (χ0) is 21.1. The van der Waals surface area contributed by atoms with Crippen LogP contribution in [-0.2, 0) is 4.79 Å². The summed E-state index contributed by atoms with van der Waals surface area (Å²) in [7, 11) is 0. The number of aliphatic carboxylic acids is 1. The Morgan fingerprint density at radius 2 is 1.76 bits per heavy atom. The Labute approximate surface area is 174 Å². The lowest BCUT2D eigenvalue weighted by molar-refractivity contribution is -0.207. The van der Waals surface area contributed by atoms with Gasteiger partial charge in [0.1, 0.15) is 0 Å². The summed E-state index contributed by atoms with van der Waals surface area (Å²) in [5.41, 5.74) is -0.143. The minimum absolute atomic E-state index is 0.0957. The number of carbonyl (C=O) groups is 1. The van der Waals surface area contributed by atoms with E-state index in [9.17, 15) is 20.1 Å². The number of hydrogen-bond donors (Lipinski definition) is 4. The molecule has 0 radical (unpaired) electrons. The first-order valence-corrected chi connectivity index (χ1v) is 11.8. The summed E-state index contributed by atoms with van der Waals surface area (Å²) in [5.74, 6) is 0.997. The predicted octanol–water partition coefficient (Wildman–Crippen LogP) is 3.45. The molecule has 166 valence electrons. The number of carboxylic acids is 1. The molecule has 4 rings (SSSR count). The number of carboxylic acid groups (broad SMARTS) is 1. The summed E-state index contributed by atoms with van der Waals surface area (Å²) < 4.78 is 0. The van der Waals surface area contributed by atoms with Gasteiger partial charge in [-0.2, -0.15) is 0 Å². The van der Waals surface area contributed by atoms with Crippen LogP contribution in [0.1, 0.15) is 78.6 Å². The van der Waals surface area contributed by atoms with Crippen molar-refractivity contribution in [1.29, 1.82) is 0 Å². The molecule has 0 saturated heterocycles. The van der Waals surface area contributed by atoms with Gasteiger partial charge in [-0.15, -0.1) is 0 Å². The van der Waals surface area contributed by atoms with E-state index in [1.165, 1.54) is 0 Å². The van der Waals surface area contributed by atoms with Crippen LogP contribution in [0.25, 0.3) is 0 Å². The fourth-order valence-corrected chi connectivity index (χ4v) is 8.68. The molecule has 0 spiro atoms. The topological polar surface area (TPSA) is 98.0 Å². The Balaban J connectivity index is 1.61. The van der Waals surface area contributed by atoms with Crippen molar-refractivity contribution >= 4 is 5.97 Å². The highest BCUT2D eigenvalue weighted by Gasteiger charge is 2.65. The maximum Gasteiger partial charge on any atom is 0.303 e. The van der Waals surface area contributed by atoms with Gasteiger partial charge in [-0.25, -0.2) is 0 Å². The lowest BCUT2D eigenvalue weighted by Crippen LogP contribution is -2.62. The normalized spacial score (nSPS) is 52.9. The molecule has 5 nitrogen and oxygen atoms in total. The fourth-order valence-electron chi connectivity index (χ4n) is 8.68. The summed E-state index contributed by atoms with van der Waals surface area (Å²) in [6, 6.07) is 0. The number of fused-ring (bicyclic) bond motifs is 5. The van der Waals surface area contributed by atoms with E-state index in [4.69, 9.17) is 5.11 Å². The average molecular weight is 409 g/mol. The number of aliphatic hydroxyl groups excluding tert-OH is 3. The third-order valence-electron chi connectivity index (χ3n) is 10.3. The van der Waals surface area contributed by atoms with Crippen molar-refractivity contribution in [1.82, 2.24) is 0 Å². The highest BCUT2D eigenvalue weighted by atomic mass is 16.4. The van der Waals surface area contributed by atoms with E-state index in [0.29, 0.717) is 30.1 Å². The van der Waals surface area contributed by atoms with Crippen LogP contribution >= 0.6 is 0 Å². The van der Waals surface area contributed by atoms with Gasteiger partial charge in [0, 0.05) is 6.42 Å². The van der Waals surface area contributed by atoms with Crippen LogP contribution in [0.3, 0.4) is 0 Å². The third kappa shape index (κ3) is 3.27. The van der Waals surface area contributed by atoms with E-state index in [2.05, 4.69) is 20.8 Å². The molecule has 0 aromatic heterocycles. The van der Waals surface area contributed by atoms with E-state index in [1.807, 2.05) is 0 Å². The minimum Gasteiger partial charge on any atom is -0.481 e. The average Bonchev–Trinajstić information content (AvgIpc) is 3.01. The SMILES string of the molecule is C[C@H](CCC(=O)O)[C@H]1CC[C@H]2C3C(C[C@H](O)[C@]12C)[C@@]1(C)CC[C@@H](O)CC1C[C@H]3O. The molecule has 4 N–H and O–H groups in total. The van der Waals surface area contributed by atoms with Gasteiger partial charge in [-0.05, 0) is 97.7 Å². The lowest BCUT2D eigenvalue weighted by atomic mass is 9.43. The number of aliphatic hydroxyl groups is 3. The van der Waals surface area contributed by atoms with Crippen LogP contribution in [0.15, 0.2) is 0 Å². The van der Waals surface area contributed by atoms with Crippen LogP contribution in [0.4, 0.5) is 0 Å². The molecule has 0 heterocycles. The second kappa shape index (κ2) is 7.49. The standard InChI is InChI=1S/C24H40O5/c1-13(4-7-21(28)29)16-5-6-17-22-18(12-20(27)24(16,17)3)23(2)9-8-15(25)10-14(23)11-19(22)26/h13-20,22,25-27H,4-12H2,1-3H3,(H,28,29)/t13-,14?,15-,16-,17+,18?,19-,20+,22?,23+,24-/m1/s1. The summed E-state index contributed by atoms with van der Waals surface area (Å²) in [5, 5.41) is 42.0.